The molecule has 2 aromatic rings. The van der Waals surface area contributed by atoms with Crippen molar-refractivity contribution in [2.75, 3.05) is 0 Å². The van der Waals surface area contributed by atoms with E-state index in [2.05, 4.69) is 30.8 Å². The van der Waals surface area contributed by atoms with Gasteiger partial charge < -0.3 is 5.11 Å². The molecular weight excluding hydrogens is 220 g/mol. The number of hydrogen-bond acceptors (Lipinski definition) is 1. The van der Waals surface area contributed by atoms with Gasteiger partial charge in [-0.05, 0) is 42.0 Å². The largest absolute Gasteiger partial charge is 0.508 e. The summed E-state index contributed by atoms with van der Waals surface area (Å²) < 4.78 is 0. The summed E-state index contributed by atoms with van der Waals surface area (Å²) in [7, 11) is 0. The molecule has 0 spiro atoms. The topological polar surface area (TPSA) is 20.2 Å². The van der Waals surface area contributed by atoms with Crippen molar-refractivity contribution in [3.05, 3.63) is 78.4 Å². The van der Waals surface area contributed by atoms with E-state index >= 15 is 0 Å². The molecule has 0 aromatic heterocycles. The molecular formula is C17H18O. The van der Waals surface area contributed by atoms with Crippen LogP contribution in [0.3, 0.4) is 0 Å². The standard InChI is InChI=1S/C17H18O/c1-2-6-16(15-7-4-3-5-8-15)13-14-9-11-17(18)12-10-14/h2-5,7-12,16,18H,1,6,13H2. The van der Waals surface area contributed by atoms with Gasteiger partial charge in [-0.2, -0.15) is 0 Å². The van der Waals surface area contributed by atoms with E-state index in [1.54, 1.807) is 12.1 Å². The van der Waals surface area contributed by atoms with E-state index < -0.39 is 0 Å². The zero-order chi connectivity index (χ0) is 12.8. The molecule has 0 saturated carbocycles. The third-order valence-electron chi connectivity index (χ3n) is 3.14. The van der Waals surface area contributed by atoms with Crippen LogP contribution in [0.4, 0.5) is 0 Å². The normalized spacial score (nSPS) is 12.0. The Balaban J connectivity index is 2.16. The Hall–Kier alpha value is -2.02. The van der Waals surface area contributed by atoms with Gasteiger partial charge in [0, 0.05) is 0 Å². The van der Waals surface area contributed by atoms with Gasteiger partial charge in [-0.25, -0.2) is 0 Å². The van der Waals surface area contributed by atoms with Crippen LogP contribution in [0, 0.1) is 0 Å². The van der Waals surface area contributed by atoms with Crippen LogP contribution in [-0.4, -0.2) is 5.11 Å². The minimum absolute atomic E-state index is 0.318. The molecule has 1 heteroatoms. The maximum Gasteiger partial charge on any atom is 0.115 e. The first kappa shape index (κ1) is 12.4. The molecule has 0 fully saturated rings. The first-order chi connectivity index (χ1) is 8.79. The van der Waals surface area contributed by atoms with Crippen molar-refractivity contribution in [3.8, 4) is 5.75 Å². The Bertz CT molecular complexity index is 485. The molecule has 0 heterocycles. The Labute approximate surface area is 108 Å². The third-order valence-corrected chi connectivity index (χ3v) is 3.14. The molecule has 2 aromatic carbocycles. The summed E-state index contributed by atoms with van der Waals surface area (Å²) >= 11 is 0. The van der Waals surface area contributed by atoms with E-state index in [1.165, 1.54) is 11.1 Å². The third kappa shape index (κ3) is 3.24. The maximum absolute atomic E-state index is 9.30. The zero-order valence-electron chi connectivity index (χ0n) is 10.4. The van der Waals surface area contributed by atoms with Crippen LogP contribution in [-0.2, 0) is 6.42 Å². The number of phenolic OH excluding ortho intramolecular Hbond substituents is 1. The van der Waals surface area contributed by atoms with Gasteiger partial charge in [0.05, 0.1) is 0 Å². The Morgan fingerprint density at radius 1 is 1.00 bits per heavy atom. The second kappa shape index (κ2) is 6.06. The highest BCUT2D eigenvalue weighted by Gasteiger charge is 2.10. The van der Waals surface area contributed by atoms with E-state index in [1.807, 2.05) is 24.3 Å². The van der Waals surface area contributed by atoms with Crippen molar-refractivity contribution in [1.29, 1.82) is 0 Å². The summed E-state index contributed by atoms with van der Waals surface area (Å²) in [5.74, 6) is 0.770. The van der Waals surface area contributed by atoms with Crippen LogP contribution in [0.15, 0.2) is 67.3 Å². The van der Waals surface area contributed by atoms with Gasteiger partial charge in [0.1, 0.15) is 5.75 Å². The van der Waals surface area contributed by atoms with Gasteiger partial charge in [0.25, 0.3) is 0 Å². The monoisotopic (exact) mass is 238 g/mol. The molecule has 92 valence electrons. The summed E-state index contributed by atoms with van der Waals surface area (Å²) in [4.78, 5) is 0. The predicted molar refractivity (Wildman–Crippen MR) is 75.8 cm³/mol. The Kier molecular flexibility index (Phi) is 4.19. The Morgan fingerprint density at radius 2 is 1.67 bits per heavy atom. The summed E-state index contributed by atoms with van der Waals surface area (Å²) in [6.07, 6.45) is 3.90. The van der Waals surface area contributed by atoms with Crippen molar-refractivity contribution < 1.29 is 5.11 Å². The summed E-state index contributed by atoms with van der Waals surface area (Å²) in [6.45, 7) is 3.84. The molecule has 0 saturated heterocycles. The lowest BCUT2D eigenvalue weighted by Crippen LogP contribution is -2.01. The molecule has 2 rings (SSSR count). The summed E-state index contributed by atoms with van der Waals surface area (Å²) in [5.41, 5.74) is 2.58. The molecule has 0 aliphatic carbocycles. The number of phenols is 1. The van der Waals surface area contributed by atoms with Gasteiger partial charge >= 0.3 is 0 Å². The van der Waals surface area contributed by atoms with E-state index in [4.69, 9.17) is 0 Å². The lowest BCUT2D eigenvalue weighted by Gasteiger charge is -2.15. The van der Waals surface area contributed by atoms with Gasteiger partial charge in [-0.1, -0.05) is 48.5 Å². The van der Waals surface area contributed by atoms with E-state index in [-0.39, 0.29) is 0 Å². The highest BCUT2D eigenvalue weighted by molar-refractivity contribution is 5.29. The van der Waals surface area contributed by atoms with Crippen LogP contribution >= 0.6 is 0 Å². The maximum atomic E-state index is 9.30. The molecule has 1 N–H and O–H groups in total. The van der Waals surface area contributed by atoms with Crippen molar-refractivity contribution >= 4 is 0 Å². The number of benzene rings is 2. The molecule has 0 aliphatic heterocycles. The molecule has 0 aliphatic rings. The van der Waals surface area contributed by atoms with E-state index in [9.17, 15) is 5.11 Å². The van der Waals surface area contributed by atoms with Crippen LogP contribution in [0.25, 0.3) is 0 Å². The second-order valence-corrected chi connectivity index (χ2v) is 4.50. The fraction of sp³-hybridized carbons (Fsp3) is 0.176. The zero-order valence-corrected chi connectivity index (χ0v) is 10.4. The lowest BCUT2D eigenvalue weighted by molar-refractivity contribution is 0.475. The molecule has 1 atom stereocenters. The quantitative estimate of drug-likeness (QED) is 0.770. The van der Waals surface area contributed by atoms with Crippen molar-refractivity contribution in [2.45, 2.75) is 18.8 Å². The lowest BCUT2D eigenvalue weighted by atomic mass is 9.89. The summed E-state index contributed by atoms with van der Waals surface area (Å²) in [6, 6.07) is 17.9. The SMILES string of the molecule is C=CCC(Cc1ccc(O)cc1)c1ccccc1. The number of aromatic hydroxyl groups is 1. The molecule has 0 amide bonds. The minimum Gasteiger partial charge on any atom is -0.508 e. The average Bonchev–Trinajstić information content (AvgIpc) is 2.42. The molecule has 0 bridgehead atoms. The smallest absolute Gasteiger partial charge is 0.115 e. The number of hydrogen-bond donors (Lipinski definition) is 1. The fourth-order valence-electron chi connectivity index (χ4n) is 2.18. The highest BCUT2D eigenvalue weighted by Crippen LogP contribution is 2.25. The minimum atomic E-state index is 0.318. The van der Waals surface area contributed by atoms with Crippen molar-refractivity contribution in [2.24, 2.45) is 0 Å². The fourth-order valence-corrected chi connectivity index (χ4v) is 2.18. The second-order valence-electron chi connectivity index (χ2n) is 4.50. The van der Waals surface area contributed by atoms with Gasteiger partial charge in [0.15, 0.2) is 0 Å². The highest BCUT2D eigenvalue weighted by atomic mass is 16.3. The Morgan fingerprint density at radius 3 is 2.28 bits per heavy atom. The molecule has 1 nitrogen and oxygen atoms in total. The molecule has 18 heavy (non-hydrogen) atoms. The van der Waals surface area contributed by atoms with Crippen molar-refractivity contribution in [3.63, 3.8) is 0 Å². The first-order valence-corrected chi connectivity index (χ1v) is 6.23. The molecule has 1 unspecified atom stereocenters. The van der Waals surface area contributed by atoms with E-state index in [0.29, 0.717) is 11.7 Å². The van der Waals surface area contributed by atoms with Crippen LogP contribution < -0.4 is 0 Å². The van der Waals surface area contributed by atoms with Gasteiger partial charge in [-0.15, -0.1) is 6.58 Å². The predicted octanol–water partition coefficient (Wildman–Crippen LogP) is 4.29. The van der Waals surface area contributed by atoms with Crippen LogP contribution in [0.2, 0.25) is 0 Å². The number of rotatable bonds is 5. The molecule has 0 radical (unpaired) electrons. The van der Waals surface area contributed by atoms with Gasteiger partial charge in [-0.3, -0.25) is 0 Å². The first-order valence-electron chi connectivity index (χ1n) is 6.23. The van der Waals surface area contributed by atoms with Crippen molar-refractivity contribution in [1.82, 2.24) is 0 Å². The number of allylic oxidation sites excluding steroid dienone is 1. The van der Waals surface area contributed by atoms with Crippen LogP contribution in [0.1, 0.15) is 23.5 Å². The summed E-state index contributed by atoms with van der Waals surface area (Å²) in [5, 5.41) is 9.30. The average molecular weight is 238 g/mol. The van der Waals surface area contributed by atoms with Gasteiger partial charge in [0.2, 0.25) is 0 Å². The van der Waals surface area contributed by atoms with E-state index in [0.717, 1.165) is 12.8 Å². The van der Waals surface area contributed by atoms with Crippen LogP contribution in [0.5, 0.6) is 5.75 Å².